The number of carboxylic acids is 1. The number of amides is 2. The number of aliphatic carboxylic acids is 1. The normalized spacial score (nSPS) is 19.4. The third kappa shape index (κ3) is 5.07. The van der Waals surface area contributed by atoms with Crippen LogP contribution >= 0.6 is 0 Å². The van der Waals surface area contributed by atoms with E-state index in [1.54, 1.807) is 20.8 Å². The number of carbonyl (C=O) groups excluding carboxylic acids is 2. The van der Waals surface area contributed by atoms with E-state index in [1.807, 2.05) is 0 Å². The molecule has 0 aliphatic carbocycles. The largest absolute Gasteiger partial charge is 0.480 e. The van der Waals surface area contributed by atoms with E-state index < -0.39 is 36.2 Å². The number of nitrogens with one attached hydrogen (secondary N) is 1. The van der Waals surface area contributed by atoms with Gasteiger partial charge in [0, 0.05) is 6.54 Å². The van der Waals surface area contributed by atoms with Crippen molar-refractivity contribution >= 4 is 18.0 Å². The zero-order chi connectivity index (χ0) is 15.3. The van der Waals surface area contributed by atoms with Gasteiger partial charge in [0.15, 0.2) is 0 Å². The smallest absolute Gasteiger partial charge is 0.410 e. The molecule has 2 amide bonds. The first-order chi connectivity index (χ1) is 9.20. The summed E-state index contributed by atoms with van der Waals surface area (Å²) in [6.07, 6.45) is 1.62. The number of carbonyl (C=O) groups is 3. The molecule has 114 valence electrons. The zero-order valence-electron chi connectivity index (χ0n) is 12.1. The second-order valence-corrected chi connectivity index (χ2v) is 5.80. The van der Waals surface area contributed by atoms with Crippen molar-refractivity contribution in [2.75, 3.05) is 13.1 Å². The maximum absolute atomic E-state index is 12.1. The number of carboxylic acid groups (broad SMARTS) is 1. The minimum Gasteiger partial charge on any atom is -0.480 e. The van der Waals surface area contributed by atoms with Crippen molar-refractivity contribution in [1.82, 2.24) is 10.2 Å². The summed E-state index contributed by atoms with van der Waals surface area (Å²) in [5, 5.41) is 10.9. The van der Waals surface area contributed by atoms with Crippen molar-refractivity contribution < 1.29 is 24.2 Å². The molecule has 0 radical (unpaired) electrons. The van der Waals surface area contributed by atoms with Crippen molar-refractivity contribution in [3.8, 4) is 0 Å². The summed E-state index contributed by atoms with van der Waals surface area (Å²) >= 11 is 0. The minimum absolute atomic E-state index is 0.445. The van der Waals surface area contributed by atoms with Crippen LogP contribution in [0.3, 0.4) is 0 Å². The second-order valence-electron chi connectivity index (χ2n) is 5.80. The Kier molecular flexibility index (Phi) is 5.35. The molecule has 1 aliphatic heterocycles. The standard InChI is InChI=1S/C13H22N2O5/c1-13(2,3)20-12(19)15-7-5-4-6-9(15)11(18)14-8-10(16)17/h9H,4-8H2,1-3H3,(H,14,18)(H,16,17)/t9-/m1/s1. The van der Waals surface area contributed by atoms with Crippen LogP contribution in [-0.4, -0.2) is 52.7 Å². The second kappa shape index (κ2) is 6.58. The highest BCUT2D eigenvalue weighted by Gasteiger charge is 2.34. The van der Waals surface area contributed by atoms with Gasteiger partial charge < -0.3 is 15.2 Å². The molecule has 0 aromatic rings. The van der Waals surface area contributed by atoms with E-state index in [0.29, 0.717) is 13.0 Å². The summed E-state index contributed by atoms with van der Waals surface area (Å²) in [6, 6.07) is -0.655. The summed E-state index contributed by atoms with van der Waals surface area (Å²) in [5.74, 6) is -1.56. The van der Waals surface area contributed by atoms with Gasteiger partial charge in [0.2, 0.25) is 5.91 Å². The van der Waals surface area contributed by atoms with Crippen LogP contribution in [0.2, 0.25) is 0 Å². The van der Waals surface area contributed by atoms with Crippen LogP contribution in [0.25, 0.3) is 0 Å². The fourth-order valence-corrected chi connectivity index (χ4v) is 2.02. The third-order valence-corrected chi connectivity index (χ3v) is 2.85. The van der Waals surface area contributed by atoms with Crippen molar-refractivity contribution in [1.29, 1.82) is 0 Å². The number of rotatable bonds is 3. The van der Waals surface area contributed by atoms with E-state index in [9.17, 15) is 14.4 Å². The van der Waals surface area contributed by atoms with Gasteiger partial charge in [-0.1, -0.05) is 0 Å². The van der Waals surface area contributed by atoms with E-state index in [4.69, 9.17) is 9.84 Å². The number of piperidine rings is 1. The lowest BCUT2D eigenvalue weighted by atomic mass is 10.0. The van der Waals surface area contributed by atoms with Gasteiger partial charge in [-0.25, -0.2) is 4.79 Å². The first-order valence-electron chi connectivity index (χ1n) is 6.70. The molecule has 1 rings (SSSR count). The van der Waals surface area contributed by atoms with Crippen LogP contribution in [0.5, 0.6) is 0 Å². The van der Waals surface area contributed by atoms with Crippen LogP contribution in [-0.2, 0) is 14.3 Å². The minimum atomic E-state index is -1.11. The summed E-state index contributed by atoms with van der Waals surface area (Å²) < 4.78 is 5.27. The fourth-order valence-electron chi connectivity index (χ4n) is 2.02. The predicted molar refractivity (Wildman–Crippen MR) is 71.2 cm³/mol. The molecular formula is C13H22N2O5. The van der Waals surface area contributed by atoms with Gasteiger partial charge >= 0.3 is 12.1 Å². The molecular weight excluding hydrogens is 264 g/mol. The Bertz CT molecular complexity index is 389. The van der Waals surface area contributed by atoms with Crippen molar-refractivity contribution in [3.63, 3.8) is 0 Å². The van der Waals surface area contributed by atoms with Gasteiger partial charge in [-0.2, -0.15) is 0 Å². The molecule has 2 N–H and O–H groups in total. The maximum atomic E-state index is 12.1. The Morgan fingerprint density at radius 1 is 1.30 bits per heavy atom. The van der Waals surface area contributed by atoms with Gasteiger partial charge in [0.1, 0.15) is 18.2 Å². The predicted octanol–water partition coefficient (Wildman–Crippen LogP) is 0.977. The number of ether oxygens (including phenoxy) is 1. The number of hydrogen-bond acceptors (Lipinski definition) is 4. The Morgan fingerprint density at radius 2 is 1.95 bits per heavy atom. The number of nitrogens with zero attached hydrogens (tertiary/aromatic N) is 1. The van der Waals surface area contributed by atoms with Gasteiger partial charge in [-0.15, -0.1) is 0 Å². The van der Waals surface area contributed by atoms with Gasteiger partial charge in [0.05, 0.1) is 0 Å². The van der Waals surface area contributed by atoms with E-state index in [2.05, 4.69) is 5.32 Å². The lowest BCUT2D eigenvalue weighted by Crippen LogP contribution is -2.53. The molecule has 20 heavy (non-hydrogen) atoms. The van der Waals surface area contributed by atoms with Gasteiger partial charge in [0.25, 0.3) is 0 Å². The average molecular weight is 286 g/mol. The highest BCUT2D eigenvalue weighted by molar-refractivity contribution is 5.88. The maximum Gasteiger partial charge on any atom is 0.410 e. The van der Waals surface area contributed by atoms with Crippen LogP contribution in [0.4, 0.5) is 4.79 Å². The van der Waals surface area contributed by atoms with Crippen molar-refractivity contribution in [3.05, 3.63) is 0 Å². The van der Waals surface area contributed by atoms with E-state index in [1.165, 1.54) is 4.90 Å². The number of hydrogen-bond donors (Lipinski definition) is 2. The fraction of sp³-hybridized carbons (Fsp3) is 0.769. The molecule has 0 aromatic carbocycles. The highest BCUT2D eigenvalue weighted by atomic mass is 16.6. The van der Waals surface area contributed by atoms with Crippen LogP contribution in [0.1, 0.15) is 40.0 Å². The quantitative estimate of drug-likeness (QED) is 0.806. The van der Waals surface area contributed by atoms with Crippen LogP contribution in [0, 0.1) is 0 Å². The molecule has 1 fully saturated rings. The average Bonchev–Trinajstić information content (AvgIpc) is 2.33. The Hall–Kier alpha value is -1.79. The monoisotopic (exact) mass is 286 g/mol. The molecule has 0 unspecified atom stereocenters. The first-order valence-corrected chi connectivity index (χ1v) is 6.70. The highest BCUT2D eigenvalue weighted by Crippen LogP contribution is 2.20. The molecule has 7 nitrogen and oxygen atoms in total. The first kappa shape index (κ1) is 16.3. The van der Waals surface area contributed by atoms with E-state index >= 15 is 0 Å². The van der Waals surface area contributed by atoms with E-state index in [-0.39, 0.29) is 0 Å². The number of likely N-dealkylation sites (tertiary alicyclic amines) is 1. The molecule has 1 atom stereocenters. The van der Waals surface area contributed by atoms with Crippen LogP contribution in [0.15, 0.2) is 0 Å². The SMILES string of the molecule is CC(C)(C)OC(=O)N1CCCC[C@@H]1C(=O)NCC(=O)O. The molecule has 7 heteroatoms. The molecule has 1 heterocycles. The Balaban J connectivity index is 2.68. The molecule has 0 bridgehead atoms. The summed E-state index contributed by atoms with van der Waals surface area (Å²) in [6.45, 7) is 5.27. The lowest BCUT2D eigenvalue weighted by Gasteiger charge is -2.35. The zero-order valence-corrected chi connectivity index (χ0v) is 12.1. The van der Waals surface area contributed by atoms with Crippen LogP contribution < -0.4 is 5.32 Å². The Morgan fingerprint density at radius 3 is 2.50 bits per heavy atom. The lowest BCUT2D eigenvalue weighted by molar-refractivity contribution is -0.139. The van der Waals surface area contributed by atoms with Crippen molar-refractivity contribution in [2.24, 2.45) is 0 Å². The summed E-state index contributed by atoms with van der Waals surface area (Å²) in [4.78, 5) is 35.9. The van der Waals surface area contributed by atoms with Gasteiger partial charge in [-0.3, -0.25) is 14.5 Å². The van der Waals surface area contributed by atoms with E-state index in [0.717, 1.165) is 12.8 Å². The molecule has 1 aliphatic rings. The third-order valence-electron chi connectivity index (χ3n) is 2.85. The summed E-state index contributed by atoms with van der Waals surface area (Å²) in [7, 11) is 0. The topological polar surface area (TPSA) is 95.9 Å². The molecule has 0 saturated carbocycles. The Labute approximate surface area is 118 Å². The molecule has 0 aromatic heterocycles. The van der Waals surface area contributed by atoms with Gasteiger partial charge in [-0.05, 0) is 40.0 Å². The van der Waals surface area contributed by atoms with Crippen molar-refractivity contribution in [2.45, 2.75) is 51.7 Å². The molecule has 0 spiro atoms. The summed E-state index contributed by atoms with van der Waals surface area (Å²) in [5.41, 5.74) is -0.628. The molecule has 1 saturated heterocycles.